The lowest BCUT2D eigenvalue weighted by atomic mass is 10.2. The molecule has 17 heavy (non-hydrogen) atoms. The zero-order chi connectivity index (χ0) is 12.3. The molecule has 4 heteroatoms. The number of halogens is 2. The van der Waals surface area contributed by atoms with Crippen LogP contribution < -0.4 is 4.74 Å². The number of nitrogens with zero attached hydrogens (tertiary/aromatic N) is 1. The molecule has 2 rings (SSSR count). The maximum absolute atomic E-state index is 5.96. The van der Waals surface area contributed by atoms with Gasteiger partial charge < -0.3 is 4.74 Å². The lowest BCUT2D eigenvalue weighted by Crippen LogP contribution is -1.98. The van der Waals surface area contributed by atoms with Crippen molar-refractivity contribution in [2.45, 2.75) is 13.5 Å². The number of hydrogen-bond acceptors (Lipinski definition) is 2. The van der Waals surface area contributed by atoms with Crippen molar-refractivity contribution in [2.24, 2.45) is 0 Å². The Morgan fingerprint density at radius 1 is 1.35 bits per heavy atom. The van der Waals surface area contributed by atoms with Gasteiger partial charge in [-0.2, -0.15) is 0 Å². The largest absolute Gasteiger partial charge is 0.488 e. The van der Waals surface area contributed by atoms with Crippen LogP contribution in [0.15, 0.2) is 41.0 Å². The predicted molar refractivity (Wildman–Crippen MR) is 72.5 cm³/mol. The van der Waals surface area contributed by atoms with Crippen molar-refractivity contribution in [1.82, 2.24) is 4.98 Å². The van der Waals surface area contributed by atoms with Crippen molar-refractivity contribution in [2.75, 3.05) is 0 Å². The Balaban J connectivity index is 2.12. The van der Waals surface area contributed by atoms with E-state index >= 15 is 0 Å². The quantitative estimate of drug-likeness (QED) is 0.784. The third-order valence-corrected chi connectivity index (χ3v) is 3.20. The van der Waals surface area contributed by atoms with Crippen LogP contribution >= 0.6 is 27.5 Å². The summed E-state index contributed by atoms with van der Waals surface area (Å²) in [4.78, 5) is 4.01. The van der Waals surface area contributed by atoms with Crippen LogP contribution in [0.1, 0.15) is 11.1 Å². The van der Waals surface area contributed by atoms with Crippen LogP contribution in [0.4, 0.5) is 0 Å². The van der Waals surface area contributed by atoms with Crippen molar-refractivity contribution in [3.63, 3.8) is 0 Å². The molecule has 0 aliphatic rings. The third-order valence-electron chi connectivity index (χ3n) is 2.37. The van der Waals surface area contributed by atoms with E-state index in [1.165, 1.54) is 0 Å². The van der Waals surface area contributed by atoms with Crippen LogP contribution in [0.5, 0.6) is 5.75 Å². The molecular weight excluding hydrogens is 302 g/mol. The molecule has 88 valence electrons. The molecule has 0 aliphatic carbocycles. The Hall–Kier alpha value is -1.06. The van der Waals surface area contributed by atoms with Gasteiger partial charge in [-0.05, 0) is 30.7 Å². The molecule has 2 aromatic rings. The molecule has 0 aliphatic heterocycles. The number of ether oxygens (including phenoxy) is 1. The second-order valence-corrected chi connectivity index (χ2v) is 4.93. The first-order valence-electron chi connectivity index (χ1n) is 5.15. The summed E-state index contributed by atoms with van der Waals surface area (Å²) in [6.45, 7) is 2.43. The van der Waals surface area contributed by atoms with Crippen LogP contribution in [0.3, 0.4) is 0 Å². The molecule has 0 saturated heterocycles. The number of rotatable bonds is 3. The fraction of sp³-hybridized carbons (Fsp3) is 0.154. The van der Waals surface area contributed by atoms with E-state index < -0.39 is 0 Å². The van der Waals surface area contributed by atoms with Crippen molar-refractivity contribution >= 4 is 27.5 Å². The van der Waals surface area contributed by atoms with Gasteiger partial charge in [0.1, 0.15) is 17.5 Å². The third kappa shape index (κ3) is 3.20. The molecule has 1 heterocycles. The summed E-state index contributed by atoms with van der Waals surface area (Å²) in [5, 5.41) is 0.486. The predicted octanol–water partition coefficient (Wildman–Crippen LogP) is 4.38. The van der Waals surface area contributed by atoms with Gasteiger partial charge >= 0.3 is 0 Å². The van der Waals surface area contributed by atoms with Gasteiger partial charge in [-0.1, -0.05) is 39.7 Å². The minimum Gasteiger partial charge on any atom is -0.488 e. The topological polar surface area (TPSA) is 22.1 Å². The molecule has 0 radical (unpaired) electrons. The zero-order valence-corrected chi connectivity index (χ0v) is 11.6. The second-order valence-electron chi connectivity index (χ2n) is 3.65. The lowest BCUT2D eigenvalue weighted by molar-refractivity contribution is 0.303. The molecule has 0 bridgehead atoms. The summed E-state index contributed by atoms with van der Waals surface area (Å²) in [5.74, 6) is 0.847. The van der Waals surface area contributed by atoms with Crippen molar-refractivity contribution < 1.29 is 4.74 Å². The average molecular weight is 313 g/mol. The summed E-state index contributed by atoms with van der Waals surface area (Å²) in [6.07, 6.45) is 1.66. The molecule has 0 unspecified atom stereocenters. The second kappa shape index (κ2) is 5.52. The SMILES string of the molecule is Cc1ccc(Br)cc1OCc1cccnc1Cl. The van der Waals surface area contributed by atoms with E-state index in [9.17, 15) is 0 Å². The molecule has 0 saturated carbocycles. The van der Waals surface area contributed by atoms with Crippen LogP contribution in [0.2, 0.25) is 5.15 Å². The van der Waals surface area contributed by atoms with E-state index in [2.05, 4.69) is 20.9 Å². The van der Waals surface area contributed by atoms with E-state index in [0.717, 1.165) is 21.3 Å². The molecule has 1 aromatic heterocycles. The van der Waals surface area contributed by atoms with Gasteiger partial charge in [0.05, 0.1) is 0 Å². The van der Waals surface area contributed by atoms with Gasteiger partial charge in [-0.3, -0.25) is 0 Å². The van der Waals surface area contributed by atoms with E-state index in [1.807, 2.05) is 37.3 Å². The monoisotopic (exact) mass is 311 g/mol. The molecule has 0 amide bonds. The number of benzene rings is 1. The van der Waals surface area contributed by atoms with E-state index in [0.29, 0.717) is 11.8 Å². The van der Waals surface area contributed by atoms with Crippen molar-refractivity contribution in [3.8, 4) is 5.75 Å². The average Bonchev–Trinajstić information content (AvgIpc) is 2.32. The summed E-state index contributed by atoms with van der Waals surface area (Å²) in [7, 11) is 0. The van der Waals surface area contributed by atoms with Crippen LogP contribution in [-0.2, 0) is 6.61 Å². The standard InChI is InChI=1S/C13H11BrClNO/c1-9-4-5-11(14)7-12(9)17-8-10-3-2-6-16-13(10)15/h2-7H,8H2,1H3. The summed E-state index contributed by atoms with van der Waals surface area (Å²) in [5.41, 5.74) is 1.97. The molecule has 1 aromatic carbocycles. The first-order valence-corrected chi connectivity index (χ1v) is 6.32. The van der Waals surface area contributed by atoms with Gasteiger partial charge in [0.2, 0.25) is 0 Å². The Bertz CT molecular complexity index is 531. The first kappa shape index (κ1) is 12.4. The summed E-state index contributed by atoms with van der Waals surface area (Å²) in [6, 6.07) is 9.68. The van der Waals surface area contributed by atoms with Gasteiger partial charge in [-0.15, -0.1) is 0 Å². The number of aromatic nitrogens is 1. The molecule has 2 nitrogen and oxygen atoms in total. The first-order chi connectivity index (χ1) is 8.16. The highest BCUT2D eigenvalue weighted by molar-refractivity contribution is 9.10. The smallest absolute Gasteiger partial charge is 0.135 e. The fourth-order valence-corrected chi connectivity index (χ4v) is 1.93. The van der Waals surface area contributed by atoms with E-state index in [-0.39, 0.29) is 0 Å². The Labute approximate surface area is 114 Å². The van der Waals surface area contributed by atoms with Crippen LogP contribution in [-0.4, -0.2) is 4.98 Å². The van der Waals surface area contributed by atoms with Crippen LogP contribution in [0.25, 0.3) is 0 Å². The Morgan fingerprint density at radius 2 is 2.18 bits per heavy atom. The normalized spacial score (nSPS) is 10.3. The summed E-state index contributed by atoms with van der Waals surface area (Å²) < 4.78 is 6.73. The number of hydrogen-bond donors (Lipinski definition) is 0. The summed E-state index contributed by atoms with van der Waals surface area (Å²) >= 11 is 9.38. The Kier molecular flexibility index (Phi) is 4.02. The van der Waals surface area contributed by atoms with Gasteiger partial charge in [0.15, 0.2) is 0 Å². The molecule has 0 fully saturated rings. The van der Waals surface area contributed by atoms with Crippen LogP contribution in [0, 0.1) is 6.92 Å². The van der Waals surface area contributed by atoms with Crippen molar-refractivity contribution in [3.05, 3.63) is 57.3 Å². The Morgan fingerprint density at radius 3 is 2.94 bits per heavy atom. The molecular formula is C13H11BrClNO. The zero-order valence-electron chi connectivity index (χ0n) is 9.28. The van der Waals surface area contributed by atoms with E-state index in [4.69, 9.17) is 16.3 Å². The van der Waals surface area contributed by atoms with Crippen molar-refractivity contribution in [1.29, 1.82) is 0 Å². The fourth-order valence-electron chi connectivity index (χ4n) is 1.41. The number of pyridine rings is 1. The van der Waals surface area contributed by atoms with Gasteiger partial charge in [-0.25, -0.2) is 4.98 Å². The maximum atomic E-state index is 5.96. The minimum absolute atomic E-state index is 0.421. The van der Waals surface area contributed by atoms with E-state index in [1.54, 1.807) is 6.20 Å². The number of aryl methyl sites for hydroxylation is 1. The molecule has 0 N–H and O–H groups in total. The molecule has 0 spiro atoms. The van der Waals surface area contributed by atoms with Gasteiger partial charge in [0, 0.05) is 16.2 Å². The van der Waals surface area contributed by atoms with Gasteiger partial charge in [0.25, 0.3) is 0 Å². The lowest BCUT2D eigenvalue weighted by Gasteiger charge is -2.10. The molecule has 0 atom stereocenters. The highest BCUT2D eigenvalue weighted by Gasteiger charge is 2.04. The minimum atomic E-state index is 0.421. The highest BCUT2D eigenvalue weighted by Crippen LogP contribution is 2.24. The highest BCUT2D eigenvalue weighted by atomic mass is 79.9. The maximum Gasteiger partial charge on any atom is 0.135 e.